The van der Waals surface area contributed by atoms with Gasteiger partial charge in [-0.05, 0) is 141 Å². The number of hydrogen-bond acceptors (Lipinski definition) is 4. The van der Waals surface area contributed by atoms with Crippen molar-refractivity contribution in [3.8, 4) is 11.5 Å². The smallest absolute Gasteiger partial charge is 0.250 e. The summed E-state index contributed by atoms with van der Waals surface area (Å²) in [5.41, 5.74) is 7.09. The molecule has 3 aliphatic rings. The fraction of sp³-hybridized carbons (Fsp3) is 0.600. The number of carbonyl (C=O) groups excluding carboxylic acids is 2. The van der Waals surface area contributed by atoms with Gasteiger partial charge in [-0.1, -0.05) is 13.8 Å². The van der Waals surface area contributed by atoms with Crippen molar-refractivity contribution >= 4 is 97.2 Å². The monoisotopic (exact) mass is 1150 g/mol. The Kier molecular flexibility index (Phi) is 11.5. The number of nitrogens with zero attached hydrogens (tertiary/aromatic N) is 2. The average molecular weight is 1150 g/mol. The van der Waals surface area contributed by atoms with E-state index in [0.29, 0.717) is 5.75 Å². The van der Waals surface area contributed by atoms with Crippen LogP contribution in [0.2, 0.25) is 0 Å². The van der Waals surface area contributed by atoms with Crippen molar-refractivity contribution in [1.29, 1.82) is 0 Å². The molecule has 11 heteroatoms. The molecule has 0 unspecified atom stereocenters. The zero-order valence-electron chi connectivity index (χ0n) is 33.5. The van der Waals surface area contributed by atoms with Gasteiger partial charge in [0.15, 0.2) is 11.5 Å². The zero-order valence-corrected chi connectivity index (χ0v) is 42.2. The topological polar surface area (TPSA) is 74.9 Å². The van der Waals surface area contributed by atoms with E-state index in [2.05, 4.69) is 149 Å². The van der Waals surface area contributed by atoms with Crippen LogP contribution in [0.5, 0.6) is 11.5 Å². The minimum absolute atomic E-state index is 0.0436. The molecule has 1 aromatic heterocycles. The molecule has 4 heterocycles. The maximum Gasteiger partial charge on any atom is 0.250 e. The molecule has 1 N–H and O–H groups in total. The van der Waals surface area contributed by atoms with Crippen molar-refractivity contribution < 1.29 is 19.1 Å². The summed E-state index contributed by atoms with van der Waals surface area (Å²) in [6, 6.07) is 0. The first-order chi connectivity index (χ1) is 23.2. The van der Waals surface area contributed by atoms with Crippen LogP contribution in [0.25, 0.3) is 10.9 Å². The second-order valence-corrected chi connectivity index (χ2v) is 17.4. The lowest BCUT2D eigenvalue weighted by atomic mass is 9.56. The van der Waals surface area contributed by atoms with Crippen LogP contribution in [-0.2, 0) is 20.5 Å². The van der Waals surface area contributed by atoms with Crippen molar-refractivity contribution in [1.82, 2.24) is 14.8 Å². The molecule has 0 bridgehead atoms. The normalized spacial score (nSPS) is 24.0. The molecule has 1 saturated heterocycles. The molecule has 51 heavy (non-hydrogen) atoms. The molecule has 2 amide bonds. The van der Waals surface area contributed by atoms with Crippen molar-refractivity contribution in [3.05, 3.63) is 55.8 Å². The van der Waals surface area contributed by atoms with Gasteiger partial charge in [-0.15, -0.1) is 0 Å². The highest BCUT2D eigenvalue weighted by Gasteiger charge is 2.72. The number of aromatic amines is 1. The summed E-state index contributed by atoms with van der Waals surface area (Å²) in [6.45, 7) is 37.2. The second-order valence-electron chi connectivity index (χ2n) is 17.4. The molecule has 3 aromatic rings. The van der Waals surface area contributed by atoms with E-state index < -0.39 is 33.4 Å². The summed E-state index contributed by atoms with van der Waals surface area (Å²) in [6.07, 6.45) is 0. The highest BCUT2D eigenvalue weighted by Crippen LogP contribution is 2.63. The summed E-state index contributed by atoms with van der Waals surface area (Å²) in [5.74, 6) is 0.493. The zero-order chi connectivity index (χ0) is 39.5. The van der Waals surface area contributed by atoms with E-state index in [-0.39, 0.29) is 11.8 Å². The van der Waals surface area contributed by atoms with Crippen LogP contribution < -0.4 is 9.47 Å². The number of H-pyrrole nitrogens is 1. The quantitative estimate of drug-likeness (QED) is 0.246. The number of fused-ring (bicyclic) bond motifs is 5. The summed E-state index contributed by atoms with van der Waals surface area (Å²) in [5, 5.41) is 1.15. The Hall–Kier alpha value is -0.560. The largest absolute Gasteiger partial charge is 0.449 e. The molecule has 0 spiro atoms. The third kappa shape index (κ3) is 5.64. The Bertz CT molecular complexity index is 1970. The maximum absolute atomic E-state index is 15.6. The highest BCUT2D eigenvalue weighted by atomic mass is 128. The van der Waals surface area contributed by atoms with Crippen molar-refractivity contribution in [2.45, 2.75) is 158 Å². The third-order valence-corrected chi connectivity index (χ3v) is 12.6. The summed E-state index contributed by atoms with van der Waals surface area (Å²) >= 11 is 8.48. The Labute approximate surface area is 352 Å². The van der Waals surface area contributed by atoms with Crippen LogP contribution in [0.15, 0.2) is 0 Å². The lowest BCUT2D eigenvalue weighted by Gasteiger charge is -2.68. The van der Waals surface area contributed by atoms with Crippen LogP contribution in [0, 0.1) is 48.5 Å². The Balaban J connectivity index is 0.00000141. The lowest BCUT2D eigenvalue weighted by molar-refractivity contribution is -0.200. The summed E-state index contributed by atoms with van der Waals surface area (Å²) < 4.78 is 12.8. The van der Waals surface area contributed by atoms with Gasteiger partial charge in [0.05, 0.1) is 5.69 Å². The van der Waals surface area contributed by atoms with Crippen LogP contribution >= 0.6 is 74.5 Å². The molecule has 0 radical (unpaired) electrons. The average Bonchev–Trinajstić information content (AvgIpc) is 3.61. The molecule has 7 nitrogen and oxygen atoms in total. The fourth-order valence-electron chi connectivity index (χ4n) is 9.74. The first-order valence-corrected chi connectivity index (χ1v) is 29.9. The molecule has 6 rings (SSSR count). The van der Waals surface area contributed by atoms with E-state index in [0.717, 1.165) is 50.2 Å². The number of hydrogen-bond donors (Lipinski definition) is 1. The molecule has 1 fully saturated rings. The van der Waals surface area contributed by atoms with Gasteiger partial charge in [-0.3, -0.25) is 9.59 Å². The minimum atomic E-state index is -1.24. The predicted molar refractivity (Wildman–Crippen MR) is 245 cm³/mol. The van der Waals surface area contributed by atoms with Gasteiger partial charge in [-0.25, -0.2) is 0 Å². The number of halogens is 4. The van der Waals surface area contributed by atoms with E-state index in [1.807, 2.05) is 65.2 Å². The Morgan fingerprint density at radius 1 is 0.608 bits per heavy atom. The fourth-order valence-corrected chi connectivity index (χ4v) is 9.74. The first kappa shape index (κ1) is 43.2. The number of rotatable bonds is 1. The molecular weight excluding hydrogens is 1090 g/mol. The second kappa shape index (κ2) is 13.6. The van der Waals surface area contributed by atoms with Crippen molar-refractivity contribution in [3.63, 3.8) is 0 Å². The Morgan fingerprint density at radius 3 is 1.57 bits per heavy atom. The van der Waals surface area contributed by atoms with Crippen molar-refractivity contribution in [2.24, 2.45) is 0 Å². The van der Waals surface area contributed by atoms with E-state index in [9.17, 15) is 0 Å². The van der Waals surface area contributed by atoms with Gasteiger partial charge in [0.25, 0.3) is 5.91 Å². The van der Waals surface area contributed by atoms with Crippen LogP contribution in [-0.4, -0.2) is 49.0 Å². The highest BCUT2D eigenvalue weighted by molar-refractivity contribution is 15.0. The van der Waals surface area contributed by atoms with Gasteiger partial charge in [0, 0.05) is 116 Å². The van der Waals surface area contributed by atoms with E-state index in [4.69, 9.17) is 9.47 Å². The minimum Gasteiger partial charge on any atom is -0.449 e. The molecule has 3 aliphatic heterocycles. The maximum atomic E-state index is 15.6. The molecule has 282 valence electrons. The van der Waals surface area contributed by atoms with Crippen molar-refractivity contribution in [2.75, 3.05) is 0 Å². The molecule has 2 aromatic carbocycles. The van der Waals surface area contributed by atoms with Crippen LogP contribution in [0.4, 0.5) is 0 Å². The van der Waals surface area contributed by atoms with E-state index in [1.54, 1.807) is 0 Å². The number of aromatic nitrogens is 1. The number of carbonyl (C=O) groups is 2. The predicted octanol–water partition coefficient (Wildman–Crippen LogP) is 11.9. The van der Waals surface area contributed by atoms with E-state index in [1.165, 1.54) is 22.3 Å². The number of amides is 2. The SMILES string of the molecule is Cc1c(C)c([C@]2(C)c3[nH]c4c(C)c(C)c(C)c(C)c4c3C(C)(C)[C@]3(C)C(=O)N(C(C)(C)C)C(C)(C)C(=O)N23)c(C)c2c1OC(C)(C)O2.II.II. The number of benzene rings is 2. The lowest BCUT2D eigenvalue weighted by Crippen LogP contribution is -2.84. The van der Waals surface area contributed by atoms with Crippen LogP contribution in [0.1, 0.15) is 132 Å². The number of nitrogens with one attached hydrogen (secondary N) is 1. The summed E-state index contributed by atoms with van der Waals surface area (Å²) in [4.78, 5) is 38.9. The molecule has 2 atom stereocenters. The van der Waals surface area contributed by atoms with Crippen LogP contribution in [0.3, 0.4) is 0 Å². The van der Waals surface area contributed by atoms with Gasteiger partial charge >= 0.3 is 0 Å². The number of piperazine rings is 1. The van der Waals surface area contributed by atoms with Gasteiger partial charge in [0.2, 0.25) is 11.7 Å². The molecular formula is C40H55I4N3O4. The summed E-state index contributed by atoms with van der Waals surface area (Å²) in [7, 11) is 0. The van der Waals surface area contributed by atoms with Gasteiger partial charge in [-0.2, -0.15) is 0 Å². The molecule has 0 aliphatic carbocycles. The first-order valence-electron chi connectivity index (χ1n) is 17.4. The standard InChI is InChI=1S/C40H55N3O4.2I2/c1-19-20(2)23(5)29-26(21(19)3)28-32(41-29)39(17,27-22(4)24(6)30-31(25(27)7)47-38(15,16)46-30)43-33(44)37(13,14)42(35(8,9)10)34(45)40(43,18)36(28,11)12;2*1-2/h41H,1-18H3;;/t39-,40+;;/m1../s1. The van der Waals surface area contributed by atoms with E-state index >= 15 is 9.59 Å². The molecule has 0 saturated carbocycles. The van der Waals surface area contributed by atoms with Gasteiger partial charge < -0.3 is 24.3 Å². The number of ether oxygens (including phenoxy) is 2. The number of aryl methyl sites for hydroxylation is 2. The third-order valence-electron chi connectivity index (χ3n) is 12.6. The van der Waals surface area contributed by atoms with Gasteiger partial charge in [0.1, 0.15) is 16.6 Å². The Morgan fingerprint density at radius 2 is 1.08 bits per heavy atom.